The number of rotatable bonds is 4. The van der Waals surface area contributed by atoms with Gasteiger partial charge in [0.25, 0.3) is 10.0 Å². The summed E-state index contributed by atoms with van der Waals surface area (Å²) in [4.78, 5) is 11.3. The summed E-state index contributed by atoms with van der Waals surface area (Å²) in [5, 5.41) is 16.7. The van der Waals surface area contributed by atoms with E-state index in [-0.39, 0.29) is 16.3 Å². The number of fused-ring (bicyclic) bond motifs is 1. The highest BCUT2D eigenvalue weighted by Crippen LogP contribution is 2.31. The van der Waals surface area contributed by atoms with E-state index in [2.05, 4.69) is 15.0 Å². The second-order valence-electron chi connectivity index (χ2n) is 5.52. The van der Waals surface area contributed by atoms with E-state index < -0.39 is 16.0 Å². The molecular weight excluding hydrogens is 320 g/mol. The molecule has 0 unspecified atom stereocenters. The van der Waals surface area contributed by atoms with E-state index in [1.807, 2.05) is 0 Å². The van der Waals surface area contributed by atoms with Gasteiger partial charge in [0.05, 0.1) is 16.2 Å². The van der Waals surface area contributed by atoms with Crippen molar-refractivity contribution in [1.82, 2.24) is 15.0 Å². The Morgan fingerprint density at radius 2 is 2.09 bits per heavy atom. The zero-order valence-electron chi connectivity index (χ0n) is 12.7. The van der Waals surface area contributed by atoms with Gasteiger partial charge in [-0.05, 0) is 49.4 Å². The first-order chi connectivity index (χ1) is 10.8. The van der Waals surface area contributed by atoms with Crippen molar-refractivity contribution in [1.29, 1.82) is 0 Å². The molecule has 8 nitrogen and oxygen atoms in total. The molecule has 0 saturated carbocycles. The fraction of sp³-hybridized carbons (Fsp3) is 0.357. The van der Waals surface area contributed by atoms with Crippen LogP contribution in [0.2, 0.25) is 0 Å². The Hall–Kier alpha value is -2.42. The van der Waals surface area contributed by atoms with Gasteiger partial charge >= 0.3 is 5.97 Å². The van der Waals surface area contributed by atoms with Gasteiger partial charge in [-0.15, -0.1) is 5.10 Å². The third-order valence-electron chi connectivity index (χ3n) is 4.05. The van der Waals surface area contributed by atoms with Gasteiger partial charge in [-0.25, -0.2) is 13.2 Å². The Labute approximate surface area is 133 Å². The number of hydrogen-bond acceptors (Lipinski definition) is 5. The summed E-state index contributed by atoms with van der Waals surface area (Å²) in [6, 6.07) is 2.76. The van der Waals surface area contributed by atoms with Crippen molar-refractivity contribution in [3.05, 3.63) is 34.5 Å². The smallest absolute Gasteiger partial charge is 0.335 e. The quantitative estimate of drug-likeness (QED) is 0.864. The molecule has 122 valence electrons. The number of nitrogens with one attached hydrogen (secondary N) is 1. The minimum Gasteiger partial charge on any atom is -0.478 e. The Morgan fingerprint density at radius 1 is 1.35 bits per heavy atom. The fourth-order valence-electron chi connectivity index (χ4n) is 2.71. The maximum absolute atomic E-state index is 12.7. The first kappa shape index (κ1) is 15.5. The topological polar surface area (TPSA) is 114 Å². The van der Waals surface area contributed by atoms with E-state index in [0.29, 0.717) is 24.1 Å². The van der Waals surface area contributed by atoms with E-state index in [9.17, 15) is 18.3 Å². The molecule has 23 heavy (non-hydrogen) atoms. The highest BCUT2D eigenvalue weighted by molar-refractivity contribution is 7.92. The average Bonchev–Trinajstić information content (AvgIpc) is 3.07. The molecule has 2 N–H and O–H groups in total. The monoisotopic (exact) mass is 336 g/mol. The van der Waals surface area contributed by atoms with E-state index in [1.165, 1.54) is 10.7 Å². The van der Waals surface area contributed by atoms with Gasteiger partial charge in [0, 0.05) is 7.05 Å². The molecule has 1 aliphatic carbocycles. The molecule has 0 fully saturated rings. The van der Waals surface area contributed by atoms with Crippen molar-refractivity contribution in [2.45, 2.75) is 31.1 Å². The lowest BCUT2D eigenvalue weighted by Crippen LogP contribution is -2.17. The number of nitrogens with zero attached hydrogens (tertiary/aromatic N) is 3. The average molecular weight is 336 g/mol. The van der Waals surface area contributed by atoms with Crippen molar-refractivity contribution in [2.75, 3.05) is 4.72 Å². The third-order valence-corrected chi connectivity index (χ3v) is 5.45. The van der Waals surface area contributed by atoms with Gasteiger partial charge in [0.1, 0.15) is 0 Å². The van der Waals surface area contributed by atoms with E-state index >= 15 is 0 Å². The van der Waals surface area contributed by atoms with Crippen LogP contribution in [0.5, 0.6) is 0 Å². The summed E-state index contributed by atoms with van der Waals surface area (Å²) < 4.78 is 29.3. The third kappa shape index (κ3) is 2.67. The standard InChI is InChI=1S/C14H16N4O4S/c1-8-13(15-17-18(8)2)16-23(21,22)12-7-10(14(19)20)6-9-4-3-5-11(9)12/h6-7,16H,3-5H2,1-2H3,(H,19,20). The number of anilines is 1. The largest absolute Gasteiger partial charge is 0.478 e. The number of hydrogen-bond donors (Lipinski definition) is 2. The normalized spacial score (nSPS) is 13.8. The first-order valence-corrected chi connectivity index (χ1v) is 8.56. The van der Waals surface area contributed by atoms with Gasteiger partial charge in [-0.1, -0.05) is 5.21 Å². The molecule has 0 atom stereocenters. The highest BCUT2D eigenvalue weighted by Gasteiger charge is 2.27. The SMILES string of the molecule is Cc1c(NS(=O)(=O)c2cc(C(=O)O)cc3c2CCC3)nnn1C. The Balaban J connectivity index is 2.09. The Kier molecular flexibility index (Phi) is 3.59. The molecular formula is C14H16N4O4S. The summed E-state index contributed by atoms with van der Waals surface area (Å²) in [5.74, 6) is -1.01. The molecule has 0 aliphatic heterocycles. The molecule has 1 aromatic heterocycles. The first-order valence-electron chi connectivity index (χ1n) is 7.08. The second-order valence-corrected chi connectivity index (χ2v) is 7.17. The molecule has 0 amide bonds. The summed E-state index contributed by atoms with van der Waals surface area (Å²) in [7, 11) is -2.28. The second kappa shape index (κ2) is 5.34. The number of carboxylic acids is 1. The zero-order chi connectivity index (χ0) is 16.8. The lowest BCUT2D eigenvalue weighted by molar-refractivity contribution is 0.0696. The molecule has 0 spiro atoms. The number of aryl methyl sites for hydroxylation is 2. The van der Waals surface area contributed by atoms with Gasteiger partial charge < -0.3 is 5.11 Å². The van der Waals surface area contributed by atoms with Crippen LogP contribution >= 0.6 is 0 Å². The number of aromatic carboxylic acids is 1. The Morgan fingerprint density at radius 3 is 2.70 bits per heavy atom. The van der Waals surface area contributed by atoms with Crippen molar-refractivity contribution >= 4 is 21.8 Å². The van der Waals surface area contributed by atoms with Crippen LogP contribution in [0.15, 0.2) is 17.0 Å². The summed E-state index contributed by atoms with van der Waals surface area (Å²) >= 11 is 0. The summed E-state index contributed by atoms with van der Waals surface area (Å²) in [6.45, 7) is 1.69. The van der Waals surface area contributed by atoms with Crippen LogP contribution < -0.4 is 4.72 Å². The van der Waals surface area contributed by atoms with E-state index in [1.54, 1.807) is 20.0 Å². The minimum absolute atomic E-state index is 0.00922. The Bertz CT molecular complexity index is 902. The predicted molar refractivity (Wildman–Crippen MR) is 82.0 cm³/mol. The lowest BCUT2D eigenvalue weighted by atomic mass is 10.1. The van der Waals surface area contributed by atoms with Crippen LogP contribution in [0.1, 0.15) is 33.6 Å². The fourth-order valence-corrected chi connectivity index (χ4v) is 4.10. The molecule has 0 radical (unpaired) electrons. The van der Waals surface area contributed by atoms with Crippen LogP contribution in [0, 0.1) is 6.92 Å². The van der Waals surface area contributed by atoms with Gasteiger partial charge in [-0.3, -0.25) is 9.40 Å². The van der Waals surface area contributed by atoms with E-state index in [4.69, 9.17) is 0 Å². The predicted octanol–water partition coefficient (Wildman–Crippen LogP) is 1.11. The van der Waals surface area contributed by atoms with Crippen molar-refractivity contribution in [2.24, 2.45) is 7.05 Å². The van der Waals surface area contributed by atoms with Crippen molar-refractivity contribution in [3.8, 4) is 0 Å². The summed E-state index contributed by atoms with van der Waals surface area (Å²) in [6.07, 6.45) is 2.11. The molecule has 1 aliphatic rings. The number of sulfonamides is 1. The molecule has 2 aromatic rings. The van der Waals surface area contributed by atoms with Crippen molar-refractivity contribution in [3.63, 3.8) is 0 Å². The molecule has 9 heteroatoms. The van der Waals surface area contributed by atoms with Crippen LogP contribution in [0.4, 0.5) is 5.82 Å². The van der Waals surface area contributed by atoms with Crippen LogP contribution in [-0.2, 0) is 29.9 Å². The maximum Gasteiger partial charge on any atom is 0.335 e. The molecule has 0 bridgehead atoms. The molecule has 1 heterocycles. The van der Waals surface area contributed by atoms with Crippen LogP contribution in [0.25, 0.3) is 0 Å². The number of aromatic nitrogens is 3. The van der Waals surface area contributed by atoms with Crippen LogP contribution in [0.3, 0.4) is 0 Å². The number of benzene rings is 1. The van der Waals surface area contributed by atoms with Crippen molar-refractivity contribution < 1.29 is 18.3 Å². The molecule has 3 rings (SSSR count). The lowest BCUT2D eigenvalue weighted by Gasteiger charge is -2.12. The van der Waals surface area contributed by atoms with Gasteiger partial charge in [-0.2, -0.15) is 0 Å². The zero-order valence-corrected chi connectivity index (χ0v) is 13.5. The molecule has 0 saturated heterocycles. The van der Waals surface area contributed by atoms with E-state index in [0.717, 1.165) is 12.0 Å². The maximum atomic E-state index is 12.7. The van der Waals surface area contributed by atoms with Gasteiger partial charge in [0.15, 0.2) is 5.82 Å². The molecule has 1 aromatic carbocycles. The summed E-state index contributed by atoms with van der Waals surface area (Å²) in [5.41, 5.74) is 2.01. The minimum atomic E-state index is -3.93. The highest BCUT2D eigenvalue weighted by atomic mass is 32.2. The van der Waals surface area contributed by atoms with Crippen LogP contribution in [-0.4, -0.2) is 34.5 Å². The number of carbonyl (C=O) groups is 1. The van der Waals surface area contributed by atoms with Gasteiger partial charge in [0.2, 0.25) is 0 Å². The number of carboxylic acid groups (broad SMARTS) is 1.